The van der Waals surface area contributed by atoms with Crippen LogP contribution in [0.15, 0.2) is 42.5 Å². The molecule has 2 aromatic rings. The van der Waals surface area contributed by atoms with Gasteiger partial charge < -0.3 is 10.5 Å². The summed E-state index contributed by atoms with van der Waals surface area (Å²) in [6.45, 7) is 3.90. The van der Waals surface area contributed by atoms with Gasteiger partial charge in [-0.2, -0.15) is 0 Å². The van der Waals surface area contributed by atoms with Gasteiger partial charge in [0.25, 0.3) is 0 Å². The van der Waals surface area contributed by atoms with E-state index in [1.165, 1.54) is 12.1 Å². The van der Waals surface area contributed by atoms with Crippen molar-refractivity contribution in [2.75, 3.05) is 5.73 Å². The van der Waals surface area contributed by atoms with Crippen LogP contribution in [0.4, 0.5) is 10.1 Å². The number of halogens is 1. The summed E-state index contributed by atoms with van der Waals surface area (Å²) >= 11 is 0. The van der Waals surface area contributed by atoms with Crippen molar-refractivity contribution in [3.05, 3.63) is 48.3 Å². The van der Waals surface area contributed by atoms with Crippen LogP contribution in [0, 0.1) is 5.82 Å². The molecular weight excluding hydrogens is 229 g/mol. The van der Waals surface area contributed by atoms with E-state index in [2.05, 4.69) is 0 Å². The van der Waals surface area contributed by atoms with E-state index in [1.807, 2.05) is 38.1 Å². The van der Waals surface area contributed by atoms with Gasteiger partial charge in [0.1, 0.15) is 11.6 Å². The van der Waals surface area contributed by atoms with E-state index >= 15 is 0 Å². The van der Waals surface area contributed by atoms with Gasteiger partial charge in [-0.3, -0.25) is 0 Å². The smallest absolute Gasteiger partial charge is 0.127 e. The lowest BCUT2D eigenvalue weighted by Crippen LogP contribution is -2.06. The SMILES string of the molecule is CC(C)Oc1ccccc1-c1cc(F)ccc1N. The van der Waals surface area contributed by atoms with Gasteiger partial charge in [-0.1, -0.05) is 18.2 Å². The largest absolute Gasteiger partial charge is 0.490 e. The molecule has 2 nitrogen and oxygen atoms in total. The molecule has 0 aliphatic heterocycles. The summed E-state index contributed by atoms with van der Waals surface area (Å²) in [6, 6.07) is 11.9. The highest BCUT2D eigenvalue weighted by molar-refractivity contribution is 5.80. The fourth-order valence-corrected chi connectivity index (χ4v) is 1.81. The lowest BCUT2D eigenvalue weighted by molar-refractivity contribution is 0.243. The van der Waals surface area contributed by atoms with Gasteiger partial charge in [0.15, 0.2) is 0 Å². The van der Waals surface area contributed by atoms with Gasteiger partial charge in [0.05, 0.1) is 6.10 Å². The zero-order valence-electron chi connectivity index (χ0n) is 10.5. The van der Waals surface area contributed by atoms with E-state index in [4.69, 9.17) is 10.5 Å². The Morgan fingerprint density at radius 1 is 1.06 bits per heavy atom. The topological polar surface area (TPSA) is 35.2 Å². The first kappa shape index (κ1) is 12.4. The summed E-state index contributed by atoms with van der Waals surface area (Å²) in [6.07, 6.45) is 0.0564. The number of anilines is 1. The van der Waals surface area contributed by atoms with Gasteiger partial charge in [0.2, 0.25) is 0 Å². The van der Waals surface area contributed by atoms with Crippen molar-refractivity contribution in [1.82, 2.24) is 0 Å². The second-order valence-electron chi connectivity index (χ2n) is 4.39. The molecule has 0 spiro atoms. The van der Waals surface area contributed by atoms with Crippen molar-refractivity contribution in [3.8, 4) is 16.9 Å². The average molecular weight is 245 g/mol. The van der Waals surface area contributed by atoms with Gasteiger partial charge in [0, 0.05) is 16.8 Å². The number of hydrogen-bond acceptors (Lipinski definition) is 2. The monoisotopic (exact) mass is 245 g/mol. The van der Waals surface area contributed by atoms with Crippen LogP contribution in [0.3, 0.4) is 0 Å². The van der Waals surface area contributed by atoms with Crippen molar-refractivity contribution < 1.29 is 9.13 Å². The Labute approximate surface area is 106 Å². The minimum absolute atomic E-state index is 0.0564. The van der Waals surface area contributed by atoms with Gasteiger partial charge in [-0.25, -0.2) is 4.39 Å². The molecule has 2 aromatic carbocycles. The lowest BCUT2D eigenvalue weighted by atomic mass is 10.0. The molecule has 0 amide bonds. The molecule has 0 fully saturated rings. The van der Waals surface area contributed by atoms with E-state index in [9.17, 15) is 4.39 Å². The van der Waals surface area contributed by atoms with Crippen molar-refractivity contribution in [1.29, 1.82) is 0 Å². The van der Waals surface area contributed by atoms with E-state index < -0.39 is 0 Å². The van der Waals surface area contributed by atoms with Crippen LogP contribution in [-0.2, 0) is 0 Å². The van der Waals surface area contributed by atoms with Crippen LogP contribution >= 0.6 is 0 Å². The summed E-state index contributed by atoms with van der Waals surface area (Å²) in [5.74, 6) is 0.406. The van der Waals surface area contributed by atoms with Gasteiger partial charge >= 0.3 is 0 Å². The number of rotatable bonds is 3. The summed E-state index contributed by atoms with van der Waals surface area (Å²) in [5, 5.41) is 0. The quantitative estimate of drug-likeness (QED) is 0.833. The molecule has 0 unspecified atom stereocenters. The van der Waals surface area contributed by atoms with Crippen molar-refractivity contribution >= 4 is 5.69 Å². The van der Waals surface area contributed by atoms with Crippen LogP contribution < -0.4 is 10.5 Å². The molecule has 18 heavy (non-hydrogen) atoms. The molecule has 3 heteroatoms. The second kappa shape index (κ2) is 5.08. The Balaban J connectivity index is 2.53. The van der Waals surface area contributed by atoms with Crippen LogP contribution in [0.1, 0.15) is 13.8 Å². The highest BCUT2D eigenvalue weighted by Gasteiger charge is 2.10. The summed E-state index contributed by atoms with van der Waals surface area (Å²) in [5.41, 5.74) is 7.90. The third-order valence-electron chi connectivity index (χ3n) is 2.56. The van der Waals surface area contributed by atoms with E-state index in [0.29, 0.717) is 17.0 Å². The molecule has 0 bridgehead atoms. The predicted octanol–water partition coefficient (Wildman–Crippen LogP) is 3.86. The van der Waals surface area contributed by atoms with Crippen LogP contribution in [-0.4, -0.2) is 6.10 Å². The number of benzene rings is 2. The minimum atomic E-state index is -0.307. The number of nitrogen functional groups attached to an aromatic ring is 1. The third-order valence-corrected chi connectivity index (χ3v) is 2.56. The molecule has 2 N–H and O–H groups in total. The highest BCUT2D eigenvalue weighted by Crippen LogP contribution is 2.34. The summed E-state index contributed by atoms with van der Waals surface area (Å²) in [7, 11) is 0. The molecule has 0 heterocycles. The normalized spacial score (nSPS) is 10.7. The zero-order valence-corrected chi connectivity index (χ0v) is 10.5. The Morgan fingerprint density at radius 2 is 1.78 bits per heavy atom. The van der Waals surface area contributed by atoms with Crippen LogP contribution in [0.2, 0.25) is 0 Å². The van der Waals surface area contributed by atoms with Crippen LogP contribution in [0.5, 0.6) is 5.75 Å². The van der Waals surface area contributed by atoms with Crippen molar-refractivity contribution in [2.45, 2.75) is 20.0 Å². The fraction of sp³-hybridized carbons (Fsp3) is 0.200. The summed E-state index contributed by atoms with van der Waals surface area (Å²) in [4.78, 5) is 0. The first-order valence-electron chi connectivity index (χ1n) is 5.89. The predicted molar refractivity (Wildman–Crippen MR) is 72.0 cm³/mol. The molecule has 0 saturated carbocycles. The third kappa shape index (κ3) is 2.62. The maximum absolute atomic E-state index is 13.3. The first-order chi connectivity index (χ1) is 8.58. The maximum Gasteiger partial charge on any atom is 0.127 e. The molecule has 0 aliphatic carbocycles. The number of hydrogen-bond donors (Lipinski definition) is 1. The maximum atomic E-state index is 13.3. The van der Waals surface area contributed by atoms with Crippen LogP contribution in [0.25, 0.3) is 11.1 Å². The first-order valence-corrected chi connectivity index (χ1v) is 5.89. The molecule has 0 radical (unpaired) electrons. The summed E-state index contributed by atoms with van der Waals surface area (Å²) < 4.78 is 19.0. The number of para-hydroxylation sites is 1. The minimum Gasteiger partial charge on any atom is -0.490 e. The van der Waals surface area contributed by atoms with Crippen molar-refractivity contribution in [3.63, 3.8) is 0 Å². The van der Waals surface area contributed by atoms with Gasteiger partial charge in [-0.15, -0.1) is 0 Å². The Hall–Kier alpha value is -2.03. The number of ether oxygens (including phenoxy) is 1. The average Bonchev–Trinajstić information content (AvgIpc) is 2.32. The molecule has 0 saturated heterocycles. The van der Waals surface area contributed by atoms with E-state index in [0.717, 1.165) is 5.56 Å². The Kier molecular flexibility index (Phi) is 3.51. The zero-order chi connectivity index (χ0) is 13.1. The molecule has 94 valence electrons. The molecular formula is C15H16FNO. The molecule has 0 aromatic heterocycles. The lowest BCUT2D eigenvalue weighted by Gasteiger charge is -2.15. The number of nitrogens with two attached hydrogens (primary N) is 1. The van der Waals surface area contributed by atoms with E-state index in [1.54, 1.807) is 6.07 Å². The fourth-order valence-electron chi connectivity index (χ4n) is 1.81. The standard InChI is InChI=1S/C15H16FNO/c1-10(2)18-15-6-4-3-5-12(15)13-9-11(16)7-8-14(13)17/h3-10H,17H2,1-2H3. The highest BCUT2D eigenvalue weighted by atomic mass is 19.1. The van der Waals surface area contributed by atoms with Crippen molar-refractivity contribution in [2.24, 2.45) is 0 Å². The Morgan fingerprint density at radius 3 is 2.50 bits per heavy atom. The molecule has 2 rings (SSSR count). The Bertz CT molecular complexity index is 552. The molecule has 0 aliphatic rings. The van der Waals surface area contributed by atoms with E-state index in [-0.39, 0.29) is 11.9 Å². The second-order valence-corrected chi connectivity index (χ2v) is 4.39. The van der Waals surface area contributed by atoms with Gasteiger partial charge in [-0.05, 0) is 38.1 Å². The molecule has 0 atom stereocenters.